The van der Waals surface area contributed by atoms with Crippen LogP contribution in [0, 0.1) is 0 Å². The Kier molecular flexibility index (Phi) is 7.34. The Bertz CT molecular complexity index is 1230. The number of carbonyl (C=O) groups excluding carboxylic acids is 1. The number of nitrogens with zero attached hydrogens (tertiary/aromatic N) is 1. The largest absolute Gasteiger partial charge is 0.443 e. The molecule has 0 spiro atoms. The number of hydrogen-bond acceptors (Lipinski definition) is 6. The maximum atomic E-state index is 12.7. The molecule has 0 aliphatic rings. The molecule has 7 nitrogen and oxygen atoms in total. The van der Waals surface area contributed by atoms with Crippen LogP contribution in [0.2, 0.25) is 0 Å². The number of carbonyl (C=O) groups is 1. The normalized spacial score (nSPS) is 11.8. The van der Waals surface area contributed by atoms with E-state index in [1.165, 1.54) is 18.2 Å². The van der Waals surface area contributed by atoms with E-state index >= 15 is 0 Å². The number of alkyl halides is 3. The van der Waals surface area contributed by atoms with Crippen molar-refractivity contribution in [2.45, 2.75) is 17.7 Å². The molecule has 3 rings (SSSR count). The van der Waals surface area contributed by atoms with E-state index in [1.807, 2.05) is 6.07 Å². The lowest BCUT2D eigenvalue weighted by molar-refractivity contribution is -0.137. The number of hydrogen-bond donors (Lipinski definition) is 1. The van der Waals surface area contributed by atoms with E-state index in [4.69, 9.17) is 8.92 Å². The molecule has 0 unspecified atom stereocenters. The minimum atomic E-state index is -4.60. The second-order valence-electron chi connectivity index (χ2n) is 6.53. The Balaban J connectivity index is 1.65. The maximum Gasteiger partial charge on any atom is 0.428 e. The van der Waals surface area contributed by atoms with E-state index in [0.717, 1.165) is 23.9 Å². The van der Waals surface area contributed by atoms with Crippen LogP contribution in [0.15, 0.2) is 88.9 Å². The van der Waals surface area contributed by atoms with Crippen LogP contribution in [0.3, 0.4) is 0 Å². The molecule has 0 fully saturated rings. The van der Waals surface area contributed by atoms with Gasteiger partial charge in [0.05, 0.1) is 11.8 Å². The van der Waals surface area contributed by atoms with Crippen molar-refractivity contribution in [1.82, 2.24) is 5.43 Å². The van der Waals surface area contributed by atoms with Gasteiger partial charge in [0.2, 0.25) is 0 Å². The van der Waals surface area contributed by atoms with Gasteiger partial charge >= 0.3 is 22.4 Å². The van der Waals surface area contributed by atoms with Gasteiger partial charge in [-0.05, 0) is 42.0 Å². The third kappa shape index (κ3) is 6.81. The molecule has 0 bridgehead atoms. The van der Waals surface area contributed by atoms with Crippen molar-refractivity contribution in [3.63, 3.8) is 0 Å². The molecule has 0 atom stereocenters. The summed E-state index contributed by atoms with van der Waals surface area (Å²) in [6, 6.07) is 17.8. The highest BCUT2D eigenvalue weighted by Crippen LogP contribution is 2.30. The van der Waals surface area contributed by atoms with Gasteiger partial charge in [0.25, 0.3) is 0 Å². The molecule has 3 aromatic carbocycles. The fraction of sp³-hybridized carbons (Fsp3) is 0.0909. The molecule has 0 heterocycles. The van der Waals surface area contributed by atoms with E-state index in [0.29, 0.717) is 12.1 Å². The summed E-state index contributed by atoms with van der Waals surface area (Å²) < 4.78 is 73.1. The van der Waals surface area contributed by atoms with Crippen LogP contribution < -0.4 is 9.61 Å². The highest BCUT2D eigenvalue weighted by atomic mass is 32.2. The first kappa shape index (κ1) is 23.8. The van der Waals surface area contributed by atoms with Crippen molar-refractivity contribution in [3.8, 4) is 5.75 Å². The molecule has 0 aliphatic heterocycles. The van der Waals surface area contributed by atoms with Gasteiger partial charge in [-0.2, -0.15) is 26.7 Å². The Hall–Kier alpha value is -3.86. The van der Waals surface area contributed by atoms with Crippen LogP contribution in [0.25, 0.3) is 0 Å². The number of ether oxygens (including phenoxy) is 1. The summed E-state index contributed by atoms with van der Waals surface area (Å²) in [5, 5.41) is 3.71. The monoisotopic (exact) mass is 478 g/mol. The van der Waals surface area contributed by atoms with Crippen molar-refractivity contribution in [2.24, 2.45) is 5.10 Å². The molecule has 0 radical (unpaired) electrons. The van der Waals surface area contributed by atoms with E-state index < -0.39 is 32.8 Å². The van der Waals surface area contributed by atoms with Crippen LogP contribution in [0.4, 0.5) is 18.0 Å². The van der Waals surface area contributed by atoms with E-state index in [2.05, 4.69) is 10.5 Å². The highest BCUT2D eigenvalue weighted by Gasteiger charge is 2.31. The predicted molar refractivity (Wildman–Crippen MR) is 113 cm³/mol. The number of amides is 1. The molecule has 0 saturated carbocycles. The zero-order valence-electron chi connectivity index (χ0n) is 16.8. The van der Waals surface area contributed by atoms with Crippen LogP contribution in [-0.4, -0.2) is 20.7 Å². The zero-order valence-corrected chi connectivity index (χ0v) is 17.6. The molecule has 0 aliphatic carbocycles. The second-order valence-corrected chi connectivity index (χ2v) is 8.08. The standard InChI is InChI=1S/C22H17F3N2O5S/c23-22(24,25)18-10-12-19(13-11-18)33(29,30)32-20-9-5-4-8-17(20)14-26-27-21(28)31-15-16-6-2-1-3-7-16/h1-14H,15H2,(H,27,28). The minimum Gasteiger partial charge on any atom is -0.443 e. The first-order chi connectivity index (χ1) is 15.6. The van der Waals surface area contributed by atoms with Crippen molar-refractivity contribution in [1.29, 1.82) is 0 Å². The molecule has 11 heteroatoms. The average Bonchev–Trinajstić information content (AvgIpc) is 2.79. The Morgan fingerprint density at radius 3 is 2.24 bits per heavy atom. The minimum absolute atomic E-state index is 0.0350. The van der Waals surface area contributed by atoms with Crippen molar-refractivity contribution in [3.05, 3.63) is 95.6 Å². The third-order valence-corrected chi connectivity index (χ3v) is 5.41. The fourth-order valence-corrected chi connectivity index (χ4v) is 3.50. The first-order valence-corrected chi connectivity index (χ1v) is 10.8. The van der Waals surface area contributed by atoms with E-state index in [1.54, 1.807) is 30.3 Å². The Morgan fingerprint density at radius 2 is 1.58 bits per heavy atom. The van der Waals surface area contributed by atoms with Crippen LogP contribution in [0.5, 0.6) is 5.75 Å². The first-order valence-electron chi connectivity index (χ1n) is 9.36. The summed E-state index contributed by atoms with van der Waals surface area (Å²) in [4.78, 5) is 11.3. The average molecular weight is 478 g/mol. The lowest BCUT2D eigenvalue weighted by Gasteiger charge is -2.11. The van der Waals surface area contributed by atoms with Gasteiger partial charge in [0, 0.05) is 5.56 Å². The van der Waals surface area contributed by atoms with Gasteiger partial charge in [-0.15, -0.1) is 0 Å². The molecule has 1 amide bonds. The molecular formula is C22H17F3N2O5S. The van der Waals surface area contributed by atoms with Gasteiger partial charge < -0.3 is 8.92 Å². The topological polar surface area (TPSA) is 94.1 Å². The molecule has 3 aromatic rings. The van der Waals surface area contributed by atoms with Crippen LogP contribution >= 0.6 is 0 Å². The summed E-state index contributed by atoms with van der Waals surface area (Å²) in [6.07, 6.45) is -4.28. The van der Waals surface area contributed by atoms with Crippen LogP contribution in [0.1, 0.15) is 16.7 Å². The zero-order chi connectivity index (χ0) is 23.9. The summed E-state index contributed by atoms with van der Waals surface area (Å²) in [6.45, 7) is 0.0350. The van der Waals surface area contributed by atoms with Gasteiger partial charge in [0.15, 0.2) is 5.75 Å². The number of para-hydroxylation sites is 1. The summed E-state index contributed by atoms with van der Waals surface area (Å²) in [7, 11) is -4.42. The van der Waals surface area contributed by atoms with Gasteiger partial charge in [-0.3, -0.25) is 0 Å². The number of hydrazone groups is 1. The molecule has 33 heavy (non-hydrogen) atoms. The smallest absolute Gasteiger partial charge is 0.428 e. The molecule has 0 saturated heterocycles. The van der Waals surface area contributed by atoms with E-state index in [9.17, 15) is 26.4 Å². The molecular weight excluding hydrogens is 461 g/mol. The second kappa shape index (κ2) is 10.2. The van der Waals surface area contributed by atoms with E-state index in [-0.39, 0.29) is 17.9 Å². The van der Waals surface area contributed by atoms with Gasteiger partial charge in [0.1, 0.15) is 11.5 Å². The quantitative estimate of drug-likeness (QED) is 0.301. The number of halogens is 3. The summed E-state index contributed by atoms with van der Waals surface area (Å²) in [5.41, 5.74) is 2.13. The third-order valence-electron chi connectivity index (χ3n) is 4.16. The van der Waals surface area contributed by atoms with Crippen molar-refractivity contribution < 1.29 is 35.3 Å². The van der Waals surface area contributed by atoms with Gasteiger partial charge in [-0.1, -0.05) is 42.5 Å². The summed E-state index contributed by atoms with van der Waals surface area (Å²) >= 11 is 0. The lowest BCUT2D eigenvalue weighted by atomic mass is 10.2. The molecule has 1 N–H and O–H groups in total. The number of rotatable bonds is 7. The Morgan fingerprint density at radius 1 is 0.939 bits per heavy atom. The Labute approximate surface area is 187 Å². The fourth-order valence-electron chi connectivity index (χ4n) is 2.55. The van der Waals surface area contributed by atoms with Gasteiger partial charge in [-0.25, -0.2) is 10.2 Å². The van der Waals surface area contributed by atoms with Crippen LogP contribution in [-0.2, 0) is 27.6 Å². The molecule has 172 valence electrons. The predicted octanol–water partition coefficient (Wildman–Crippen LogP) is 4.73. The highest BCUT2D eigenvalue weighted by molar-refractivity contribution is 7.87. The SMILES string of the molecule is O=C(NN=Cc1ccccc1OS(=O)(=O)c1ccc(C(F)(F)F)cc1)OCc1ccccc1. The van der Waals surface area contributed by atoms with Crippen molar-refractivity contribution >= 4 is 22.4 Å². The lowest BCUT2D eigenvalue weighted by Crippen LogP contribution is -2.19. The number of nitrogens with one attached hydrogen (secondary N) is 1. The molecule has 0 aromatic heterocycles. The van der Waals surface area contributed by atoms with Crippen molar-refractivity contribution in [2.75, 3.05) is 0 Å². The maximum absolute atomic E-state index is 12.7. The number of benzene rings is 3. The summed E-state index contributed by atoms with van der Waals surface area (Å²) in [5.74, 6) is -0.138.